The molecule has 0 amide bonds. The van der Waals surface area contributed by atoms with Gasteiger partial charge in [-0.3, -0.25) is 0 Å². The second-order valence-electron chi connectivity index (χ2n) is 5.36. The van der Waals surface area contributed by atoms with Crippen LogP contribution >= 0.6 is 23.2 Å². The maximum Gasteiger partial charge on any atom is 0.123 e. The molecule has 0 saturated carbocycles. The maximum absolute atomic E-state index is 12.8. The van der Waals surface area contributed by atoms with Crippen LogP contribution in [-0.4, -0.2) is 26.2 Å². The summed E-state index contributed by atoms with van der Waals surface area (Å²) < 4.78 is 12.8. The first-order valence-electron chi connectivity index (χ1n) is 7.75. The molecule has 0 atom stereocenters. The zero-order valence-corrected chi connectivity index (χ0v) is 14.4. The Bertz CT molecular complexity index is 602. The van der Waals surface area contributed by atoms with Gasteiger partial charge in [0, 0.05) is 23.1 Å². The minimum atomic E-state index is -0.188. The van der Waals surface area contributed by atoms with E-state index in [1.165, 1.54) is 12.1 Å². The molecule has 23 heavy (non-hydrogen) atoms. The van der Waals surface area contributed by atoms with Crippen molar-refractivity contribution in [3.05, 3.63) is 69.5 Å². The molecule has 2 aromatic carbocycles. The fraction of sp³-hybridized carbons (Fsp3) is 0.333. The van der Waals surface area contributed by atoms with Gasteiger partial charge >= 0.3 is 0 Å². The van der Waals surface area contributed by atoms with Gasteiger partial charge in [0.25, 0.3) is 0 Å². The van der Waals surface area contributed by atoms with Crippen LogP contribution in [-0.2, 0) is 12.8 Å². The summed E-state index contributed by atoms with van der Waals surface area (Å²) in [6.07, 6.45) is 1.78. The molecule has 0 radical (unpaired) electrons. The van der Waals surface area contributed by atoms with Crippen molar-refractivity contribution < 1.29 is 4.39 Å². The Balaban J connectivity index is 1.51. The monoisotopic (exact) mass is 354 g/mol. The Hall–Kier alpha value is -1.13. The van der Waals surface area contributed by atoms with E-state index in [9.17, 15) is 4.39 Å². The van der Waals surface area contributed by atoms with Gasteiger partial charge in [0.05, 0.1) is 0 Å². The number of halogens is 3. The molecule has 2 nitrogen and oxygen atoms in total. The van der Waals surface area contributed by atoms with Crippen molar-refractivity contribution in [1.82, 2.24) is 10.6 Å². The molecular formula is C18H21Cl2FN2. The molecule has 5 heteroatoms. The van der Waals surface area contributed by atoms with Crippen LogP contribution in [0.5, 0.6) is 0 Å². The molecule has 2 rings (SSSR count). The molecule has 0 aliphatic carbocycles. The SMILES string of the molecule is Fc1ccc(CCNCCNCCc2ccc(Cl)cc2Cl)cc1. The number of hydrogen-bond acceptors (Lipinski definition) is 2. The van der Waals surface area contributed by atoms with Crippen LogP contribution in [0.25, 0.3) is 0 Å². The van der Waals surface area contributed by atoms with E-state index in [-0.39, 0.29) is 5.82 Å². The summed E-state index contributed by atoms with van der Waals surface area (Å²) in [7, 11) is 0. The fourth-order valence-corrected chi connectivity index (χ4v) is 2.76. The second-order valence-corrected chi connectivity index (χ2v) is 6.21. The minimum Gasteiger partial charge on any atom is -0.315 e. The van der Waals surface area contributed by atoms with Crippen LogP contribution in [0.4, 0.5) is 4.39 Å². The molecule has 0 bridgehead atoms. The lowest BCUT2D eigenvalue weighted by atomic mass is 10.1. The van der Waals surface area contributed by atoms with Crippen LogP contribution in [0.15, 0.2) is 42.5 Å². The highest BCUT2D eigenvalue weighted by Gasteiger charge is 2.00. The summed E-state index contributed by atoms with van der Waals surface area (Å²) in [5.41, 5.74) is 2.25. The summed E-state index contributed by atoms with van der Waals surface area (Å²) >= 11 is 12.0. The van der Waals surface area contributed by atoms with Crippen LogP contribution in [0.1, 0.15) is 11.1 Å². The number of nitrogens with one attached hydrogen (secondary N) is 2. The van der Waals surface area contributed by atoms with Gasteiger partial charge in [0.1, 0.15) is 5.82 Å². The molecule has 0 fully saturated rings. The number of benzene rings is 2. The molecule has 0 saturated heterocycles. The van der Waals surface area contributed by atoms with Crippen LogP contribution in [0.3, 0.4) is 0 Å². The Kier molecular flexibility index (Phi) is 7.83. The van der Waals surface area contributed by atoms with Gasteiger partial charge in [-0.2, -0.15) is 0 Å². The lowest BCUT2D eigenvalue weighted by molar-refractivity contribution is 0.609. The Morgan fingerprint density at radius 2 is 1.43 bits per heavy atom. The smallest absolute Gasteiger partial charge is 0.123 e. The van der Waals surface area contributed by atoms with Gasteiger partial charge in [0.15, 0.2) is 0 Å². The first-order valence-corrected chi connectivity index (χ1v) is 8.50. The van der Waals surface area contributed by atoms with Gasteiger partial charge in [-0.25, -0.2) is 4.39 Å². The predicted molar refractivity (Wildman–Crippen MR) is 96.0 cm³/mol. The molecule has 0 spiro atoms. The quantitative estimate of drug-likeness (QED) is 0.662. The largest absolute Gasteiger partial charge is 0.315 e. The first-order chi connectivity index (χ1) is 11.1. The van der Waals surface area contributed by atoms with Crippen molar-refractivity contribution in [2.75, 3.05) is 26.2 Å². The molecule has 124 valence electrons. The van der Waals surface area contributed by atoms with Gasteiger partial charge in [-0.15, -0.1) is 0 Å². The summed E-state index contributed by atoms with van der Waals surface area (Å²) in [5.74, 6) is -0.188. The third-order valence-electron chi connectivity index (χ3n) is 3.57. The van der Waals surface area contributed by atoms with Crippen molar-refractivity contribution in [1.29, 1.82) is 0 Å². The van der Waals surface area contributed by atoms with E-state index < -0.39 is 0 Å². The summed E-state index contributed by atoms with van der Waals surface area (Å²) in [5, 5.41) is 8.13. The zero-order valence-electron chi connectivity index (χ0n) is 12.9. The van der Waals surface area contributed by atoms with E-state index in [1.54, 1.807) is 6.07 Å². The molecular weight excluding hydrogens is 334 g/mol. The predicted octanol–water partition coefficient (Wildman–Crippen LogP) is 4.10. The normalized spacial score (nSPS) is 10.9. The Morgan fingerprint density at radius 1 is 0.783 bits per heavy atom. The van der Waals surface area contributed by atoms with Crippen molar-refractivity contribution >= 4 is 23.2 Å². The lowest BCUT2D eigenvalue weighted by Crippen LogP contribution is -2.29. The standard InChI is InChI=1S/C18H21Cl2FN2/c19-16-4-3-15(18(20)13-16)8-10-23-12-11-22-9-7-14-1-5-17(21)6-2-14/h1-6,13,22-23H,7-12H2. The van der Waals surface area contributed by atoms with E-state index >= 15 is 0 Å². The average molecular weight is 355 g/mol. The van der Waals surface area contributed by atoms with Crippen LogP contribution in [0, 0.1) is 5.82 Å². The molecule has 0 aliphatic heterocycles. The maximum atomic E-state index is 12.8. The molecule has 2 N–H and O–H groups in total. The van der Waals surface area contributed by atoms with Crippen molar-refractivity contribution in [3.8, 4) is 0 Å². The van der Waals surface area contributed by atoms with E-state index in [2.05, 4.69) is 10.6 Å². The Morgan fingerprint density at radius 3 is 2.09 bits per heavy atom. The van der Waals surface area contributed by atoms with E-state index in [1.807, 2.05) is 24.3 Å². The van der Waals surface area contributed by atoms with Gasteiger partial charge in [-0.05, 0) is 61.3 Å². The summed E-state index contributed by atoms with van der Waals surface area (Å²) in [6.45, 7) is 3.56. The lowest BCUT2D eigenvalue weighted by Gasteiger charge is -2.08. The highest BCUT2D eigenvalue weighted by Crippen LogP contribution is 2.20. The molecule has 0 unspecified atom stereocenters. The molecule has 0 aromatic heterocycles. The van der Waals surface area contributed by atoms with Gasteiger partial charge < -0.3 is 10.6 Å². The average Bonchev–Trinajstić information content (AvgIpc) is 2.53. The van der Waals surface area contributed by atoms with Crippen molar-refractivity contribution in [2.45, 2.75) is 12.8 Å². The van der Waals surface area contributed by atoms with Gasteiger partial charge in [0.2, 0.25) is 0 Å². The first kappa shape index (κ1) is 18.2. The van der Waals surface area contributed by atoms with E-state index in [0.29, 0.717) is 5.02 Å². The summed E-state index contributed by atoms with van der Waals surface area (Å²) in [6, 6.07) is 12.2. The number of rotatable bonds is 9. The van der Waals surface area contributed by atoms with E-state index in [4.69, 9.17) is 23.2 Å². The van der Waals surface area contributed by atoms with Gasteiger partial charge in [-0.1, -0.05) is 41.4 Å². The topological polar surface area (TPSA) is 24.1 Å². The minimum absolute atomic E-state index is 0.188. The van der Waals surface area contributed by atoms with Crippen LogP contribution < -0.4 is 10.6 Å². The molecule has 2 aromatic rings. The zero-order chi connectivity index (χ0) is 16.5. The third-order valence-corrected chi connectivity index (χ3v) is 4.16. The fourth-order valence-electron chi connectivity index (χ4n) is 2.26. The van der Waals surface area contributed by atoms with Crippen molar-refractivity contribution in [3.63, 3.8) is 0 Å². The van der Waals surface area contributed by atoms with Crippen LogP contribution in [0.2, 0.25) is 10.0 Å². The highest BCUT2D eigenvalue weighted by molar-refractivity contribution is 6.35. The number of hydrogen-bond donors (Lipinski definition) is 2. The Labute approximate surface area is 147 Å². The highest BCUT2D eigenvalue weighted by atomic mass is 35.5. The summed E-state index contributed by atoms with van der Waals surface area (Å²) in [4.78, 5) is 0. The van der Waals surface area contributed by atoms with E-state index in [0.717, 1.165) is 55.2 Å². The molecule has 0 aliphatic rings. The second kappa shape index (κ2) is 9.89. The third kappa shape index (κ3) is 6.88. The van der Waals surface area contributed by atoms with Crippen molar-refractivity contribution in [2.24, 2.45) is 0 Å². The molecule has 0 heterocycles.